The highest BCUT2D eigenvalue weighted by Gasteiger charge is 2.41. The molecular formula is C50H72N14O12S2. The lowest BCUT2D eigenvalue weighted by Gasteiger charge is -2.31. The molecule has 2 aromatic rings. The molecule has 426 valence electrons. The molecule has 2 aliphatic heterocycles. The predicted octanol–water partition coefficient (Wildman–Crippen LogP) is -2.87. The molecule has 0 saturated carbocycles. The fourth-order valence-electron chi connectivity index (χ4n) is 8.35. The molecule has 0 radical (unpaired) electrons. The first kappa shape index (κ1) is 62.9. The van der Waals surface area contributed by atoms with E-state index in [4.69, 9.17) is 33.4 Å². The Morgan fingerprint density at radius 2 is 1.36 bits per heavy atom. The number of aliphatic imine (C=N–C) groups is 1. The lowest BCUT2D eigenvalue weighted by Crippen LogP contribution is -2.61. The zero-order chi connectivity index (χ0) is 57.7. The van der Waals surface area contributed by atoms with E-state index in [1.807, 2.05) is 0 Å². The van der Waals surface area contributed by atoms with Gasteiger partial charge in [0.1, 0.15) is 54.1 Å². The Balaban J connectivity index is 1.74. The third-order valence-electron chi connectivity index (χ3n) is 12.4. The summed E-state index contributed by atoms with van der Waals surface area (Å²) in [6, 6.07) is 4.33. The molecule has 11 amide bonds. The number of nitrogens with zero attached hydrogens (tertiary/aromatic N) is 2. The van der Waals surface area contributed by atoms with Gasteiger partial charge in [-0.3, -0.25) is 57.7 Å². The zero-order valence-corrected chi connectivity index (χ0v) is 45.6. The van der Waals surface area contributed by atoms with Crippen molar-refractivity contribution in [2.24, 2.45) is 33.7 Å². The van der Waals surface area contributed by atoms with Crippen molar-refractivity contribution in [1.82, 2.24) is 42.1 Å². The van der Waals surface area contributed by atoms with Crippen LogP contribution in [0.1, 0.15) is 83.3 Å². The molecule has 2 aromatic carbocycles. The zero-order valence-electron chi connectivity index (χ0n) is 44.0. The monoisotopic (exact) mass is 1120 g/mol. The Morgan fingerprint density at radius 1 is 0.769 bits per heavy atom. The molecule has 2 heterocycles. The summed E-state index contributed by atoms with van der Waals surface area (Å²) in [6.45, 7) is 4.96. The van der Waals surface area contributed by atoms with Crippen molar-refractivity contribution in [1.29, 1.82) is 0 Å². The van der Waals surface area contributed by atoms with Gasteiger partial charge in [-0.1, -0.05) is 64.1 Å². The molecule has 17 N–H and O–H groups in total. The fraction of sp³-hybridized carbons (Fsp3) is 0.520. The SMILES string of the molecule is COc1ccc(CC2NC(=O)CC(C)(C)SSCC(C(=O)N3CCC[C@H]3C(=O)N[C@@H](CCCN=C(N)N)C(=O)N[C@@H](C)C(N)=O)NC(=O)[C@H](CC(N)=O)NC(=O)[C@H](CCC(N)=O)NC(=O)C(Cc3ccccc3)NC2=O)cc1. The Hall–Kier alpha value is -7.62. The first-order valence-electron chi connectivity index (χ1n) is 25.2. The number of primary amides is 3. The summed E-state index contributed by atoms with van der Waals surface area (Å²) in [6.07, 6.45) is -1.32. The van der Waals surface area contributed by atoms with Crippen LogP contribution in [0.2, 0.25) is 0 Å². The van der Waals surface area contributed by atoms with Gasteiger partial charge in [-0.2, -0.15) is 0 Å². The van der Waals surface area contributed by atoms with Crippen molar-refractivity contribution in [2.75, 3.05) is 26.0 Å². The molecule has 0 aromatic heterocycles. The first-order valence-corrected chi connectivity index (χ1v) is 27.5. The molecule has 0 spiro atoms. The van der Waals surface area contributed by atoms with Crippen LogP contribution < -0.4 is 70.6 Å². The van der Waals surface area contributed by atoms with Crippen molar-refractivity contribution >= 4 is 92.5 Å². The van der Waals surface area contributed by atoms with E-state index in [-0.39, 0.29) is 63.3 Å². The fourth-order valence-corrected chi connectivity index (χ4v) is 11.0. The summed E-state index contributed by atoms with van der Waals surface area (Å²) in [4.78, 5) is 155. The van der Waals surface area contributed by atoms with Gasteiger partial charge in [0.15, 0.2) is 5.96 Å². The maximum Gasteiger partial charge on any atom is 0.246 e. The third-order valence-corrected chi connectivity index (χ3v) is 15.7. The molecular weight excluding hydrogens is 1050 g/mol. The number of likely N-dealkylation sites (tertiary alicyclic amines) is 1. The van der Waals surface area contributed by atoms with Crippen LogP contribution in [0.4, 0.5) is 0 Å². The number of guanidine groups is 1. The minimum absolute atomic E-state index is 0.00564. The second-order valence-electron chi connectivity index (χ2n) is 19.4. The third kappa shape index (κ3) is 20.7. The van der Waals surface area contributed by atoms with Gasteiger partial charge in [0.2, 0.25) is 65.0 Å². The minimum atomic E-state index is -1.78. The number of methoxy groups -OCH3 is 1. The van der Waals surface area contributed by atoms with Gasteiger partial charge in [-0.15, -0.1) is 0 Å². The Bertz CT molecular complexity index is 2520. The Morgan fingerprint density at radius 3 is 1.96 bits per heavy atom. The van der Waals surface area contributed by atoms with Crippen LogP contribution in [0.3, 0.4) is 0 Å². The molecule has 0 bridgehead atoms. The minimum Gasteiger partial charge on any atom is -0.497 e. The van der Waals surface area contributed by atoms with E-state index in [1.54, 1.807) is 68.4 Å². The van der Waals surface area contributed by atoms with Crippen molar-refractivity contribution in [3.05, 3.63) is 65.7 Å². The molecule has 4 rings (SSSR count). The standard InChI is InChI=1S/C50H72N14O12S2/c1-27(41(53)68)57-42(69)31(12-8-20-56-49(54)55)60-47(74)37-13-9-21-64(37)48(75)36-26-77-78-50(2,3)25-40(67)58-33(23-29-14-16-30(76-4)17-15-29)44(71)61-34(22-28-10-6-5-7-11-28)45(72)59-32(18-19-38(51)65)43(70)62-35(24-39(52)66)46(73)63-36/h5-7,10-11,14-17,27,31-37H,8-9,12-13,18-26H2,1-4H3,(H2,51,65)(H2,52,66)(H2,53,68)(H,57,69)(H,58,67)(H,59,72)(H,60,74)(H,61,71)(H,62,70)(H,63,73)(H4,54,55,56)/t27-,31-,32-,33?,34?,35-,36?,37-/m0/s1. The number of benzene rings is 2. The molecule has 28 heteroatoms. The average Bonchev–Trinajstić information content (AvgIpc) is 3.88. The van der Waals surface area contributed by atoms with Gasteiger partial charge in [-0.05, 0) is 76.1 Å². The van der Waals surface area contributed by atoms with Gasteiger partial charge < -0.3 is 75.5 Å². The number of hydrogen-bond acceptors (Lipinski definition) is 15. The van der Waals surface area contributed by atoms with E-state index in [9.17, 15) is 52.7 Å². The number of nitrogens with two attached hydrogens (primary N) is 5. The van der Waals surface area contributed by atoms with Crippen LogP contribution in [0.15, 0.2) is 59.6 Å². The van der Waals surface area contributed by atoms with Crippen molar-refractivity contribution in [2.45, 2.75) is 138 Å². The highest BCUT2D eigenvalue weighted by Crippen LogP contribution is 2.39. The van der Waals surface area contributed by atoms with Gasteiger partial charge >= 0.3 is 0 Å². The molecule has 78 heavy (non-hydrogen) atoms. The van der Waals surface area contributed by atoms with Crippen molar-refractivity contribution in [3.8, 4) is 5.75 Å². The molecule has 3 unspecified atom stereocenters. The molecule has 8 atom stereocenters. The molecule has 26 nitrogen and oxygen atoms in total. The predicted molar refractivity (Wildman–Crippen MR) is 291 cm³/mol. The number of carbonyl (C=O) groups is 11. The molecule has 0 aliphatic carbocycles. The van der Waals surface area contributed by atoms with E-state index >= 15 is 0 Å². The van der Waals surface area contributed by atoms with E-state index < -0.39 is 137 Å². The maximum absolute atomic E-state index is 14.8. The second-order valence-corrected chi connectivity index (χ2v) is 22.5. The summed E-state index contributed by atoms with van der Waals surface area (Å²) >= 11 is 0. The molecule has 2 aliphatic rings. The summed E-state index contributed by atoms with van der Waals surface area (Å²) in [5.41, 5.74) is 28.5. The summed E-state index contributed by atoms with van der Waals surface area (Å²) in [7, 11) is 3.74. The average molecular weight is 1130 g/mol. The quantitative estimate of drug-likeness (QED) is 0.0274. The first-order chi connectivity index (χ1) is 36.9. The van der Waals surface area contributed by atoms with Crippen LogP contribution in [-0.4, -0.2) is 155 Å². The normalized spacial score (nSPS) is 22.3. The number of ether oxygens (including phenoxy) is 1. The number of carbonyl (C=O) groups excluding carboxylic acids is 11. The number of hydrogen-bond donors (Lipinski definition) is 12. The molecule has 2 fully saturated rings. The Labute approximate surface area is 459 Å². The summed E-state index contributed by atoms with van der Waals surface area (Å²) in [5.74, 6) is -9.22. The lowest BCUT2D eigenvalue weighted by molar-refractivity contribution is -0.142. The second kappa shape index (κ2) is 30.4. The van der Waals surface area contributed by atoms with Crippen molar-refractivity contribution < 1.29 is 57.5 Å². The van der Waals surface area contributed by atoms with Gasteiger partial charge in [-0.25, -0.2) is 0 Å². The largest absolute Gasteiger partial charge is 0.497 e. The van der Waals surface area contributed by atoms with Crippen LogP contribution >= 0.6 is 21.6 Å². The van der Waals surface area contributed by atoms with Crippen LogP contribution in [-0.2, 0) is 65.6 Å². The number of nitrogens with one attached hydrogen (secondary N) is 7. The number of rotatable bonds is 20. The smallest absolute Gasteiger partial charge is 0.246 e. The lowest BCUT2D eigenvalue weighted by atomic mass is 10.0. The van der Waals surface area contributed by atoms with Crippen molar-refractivity contribution in [3.63, 3.8) is 0 Å². The topological polar surface area (TPSA) is 427 Å². The van der Waals surface area contributed by atoms with Gasteiger partial charge in [0.05, 0.1) is 13.5 Å². The Kier molecular flexibility index (Phi) is 24.5. The number of amides is 11. The maximum atomic E-state index is 14.8. The van der Waals surface area contributed by atoms with Crippen LogP contribution in [0.5, 0.6) is 5.75 Å². The van der Waals surface area contributed by atoms with E-state index in [2.05, 4.69) is 42.2 Å². The van der Waals surface area contributed by atoms with E-state index in [0.29, 0.717) is 23.3 Å². The van der Waals surface area contributed by atoms with Gasteiger partial charge in [0, 0.05) is 49.3 Å². The van der Waals surface area contributed by atoms with Gasteiger partial charge in [0.25, 0.3) is 0 Å². The summed E-state index contributed by atoms with van der Waals surface area (Å²) < 4.78 is 4.37. The van der Waals surface area contributed by atoms with Crippen LogP contribution in [0, 0.1) is 0 Å². The van der Waals surface area contributed by atoms with E-state index in [0.717, 1.165) is 10.8 Å². The highest BCUT2D eigenvalue weighted by molar-refractivity contribution is 8.77. The summed E-state index contributed by atoms with van der Waals surface area (Å²) in [5, 5.41) is 18.3. The van der Waals surface area contributed by atoms with E-state index in [1.165, 1.54) is 29.7 Å². The molecule has 2 saturated heterocycles. The van der Waals surface area contributed by atoms with Crippen LogP contribution in [0.25, 0.3) is 0 Å². The highest BCUT2D eigenvalue weighted by atomic mass is 33.1.